The van der Waals surface area contributed by atoms with Crippen LogP contribution in [0.1, 0.15) is 44.1 Å². The first kappa shape index (κ1) is 14.5. The van der Waals surface area contributed by atoms with E-state index >= 15 is 0 Å². The fourth-order valence-electron chi connectivity index (χ4n) is 2.75. The molecular formula is C16H24O3. The maximum atomic E-state index is 10.4. The SMILES string of the molecule is OCCCC(Cc1ccccc1)OC1(O)CCCC1. The summed E-state index contributed by atoms with van der Waals surface area (Å²) in [5.74, 6) is -0.936. The van der Waals surface area contributed by atoms with Crippen molar-refractivity contribution >= 4 is 0 Å². The topological polar surface area (TPSA) is 49.7 Å². The third kappa shape index (κ3) is 4.60. The predicted molar refractivity (Wildman–Crippen MR) is 74.8 cm³/mol. The molecule has 1 saturated carbocycles. The molecule has 1 unspecified atom stereocenters. The summed E-state index contributed by atoms with van der Waals surface area (Å²) >= 11 is 0. The molecule has 0 aromatic heterocycles. The number of hydrogen-bond acceptors (Lipinski definition) is 3. The van der Waals surface area contributed by atoms with Crippen molar-refractivity contribution in [2.45, 2.75) is 56.8 Å². The van der Waals surface area contributed by atoms with Gasteiger partial charge in [0.05, 0.1) is 6.10 Å². The first-order valence-corrected chi connectivity index (χ1v) is 7.27. The zero-order chi connectivity index (χ0) is 13.6. The normalized spacial score (nSPS) is 19.5. The number of aliphatic hydroxyl groups excluding tert-OH is 1. The quantitative estimate of drug-likeness (QED) is 0.744. The maximum absolute atomic E-state index is 10.4. The molecule has 19 heavy (non-hydrogen) atoms. The summed E-state index contributed by atoms with van der Waals surface area (Å²) in [7, 11) is 0. The zero-order valence-electron chi connectivity index (χ0n) is 11.4. The highest BCUT2D eigenvalue weighted by atomic mass is 16.6. The number of rotatable bonds is 7. The molecule has 0 spiro atoms. The number of aliphatic hydroxyl groups is 2. The number of ether oxygens (including phenoxy) is 1. The van der Waals surface area contributed by atoms with E-state index in [1.807, 2.05) is 18.2 Å². The lowest BCUT2D eigenvalue weighted by molar-refractivity contribution is -0.226. The Bertz CT molecular complexity index is 358. The lowest BCUT2D eigenvalue weighted by Gasteiger charge is -2.29. The highest BCUT2D eigenvalue weighted by molar-refractivity contribution is 5.15. The molecule has 1 aliphatic rings. The lowest BCUT2D eigenvalue weighted by atomic mass is 10.0. The molecule has 2 N–H and O–H groups in total. The molecule has 0 heterocycles. The van der Waals surface area contributed by atoms with Crippen LogP contribution in [-0.4, -0.2) is 28.7 Å². The van der Waals surface area contributed by atoms with E-state index in [1.54, 1.807) is 0 Å². The highest BCUT2D eigenvalue weighted by Crippen LogP contribution is 2.32. The Balaban J connectivity index is 1.95. The van der Waals surface area contributed by atoms with Gasteiger partial charge < -0.3 is 14.9 Å². The Morgan fingerprint density at radius 1 is 1.16 bits per heavy atom. The predicted octanol–water partition coefficient (Wildman–Crippen LogP) is 2.65. The van der Waals surface area contributed by atoms with Crippen molar-refractivity contribution in [1.29, 1.82) is 0 Å². The third-order valence-corrected chi connectivity index (χ3v) is 3.76. The Morgan fingerprint density at radius 2 is 1.84 bits per heavy atom. The van der Waals surface area contributed by atoms with E-state index in [0.717, 1.165) is 38.5 Å². The molecule has 3 nitrogen and oxygen atoms in total. The molecule has 3 heteroatoms. The van der Waals surface area contributed by atoms with E-state index in [1.165, 1.54) is 5.56 Å². The molecule has 1 aliphatic carbocycles. The first-order chi connectivity index (χ1) is 9.22. The lowest BCUT2D eigenvalue weighted by Crippen LogP contribution is -2.35. The van der Waals surface area contributed by atoms with Crippen molar-refractivity contribution in [2.24, 2.45) is 0 Å². The zero-order valence-corrected chi connectivity index (χ0v) is 11.4. The van der Waals surface area contributed by atoms with E-state index in [9.17, 15) is 5.11 Å². The van der Waals surface area contributed by atoms with Crippen LogP contribution >= 0.6 is 0 Å². The Morgan fingerprint density at radius 3 is 2.47 bits per heavy atom. The second-order valence-electron chi connectivity index (χ2n) is 5.45. The summed E-state index contributed by atoms with van der Waals surface area (Å²) in [5, 5.41) is 19.3. The molecule has 106 valence electrons. The van der Waals surface area contributed by atoms with E-state index in [-0.39, 0.29) is 12.7 Å². The third-order valence-electron chi connectivity index (χ3n) is 3.76. The van der Waals surface area contributed by atoms with Gasteiger partial charge in [-0.1, -0.05) is 30.3 Å². The summed E-state index contributed by atoms with van der Waals surface area (Å²) in [5.41, 5.74) is 1.21. The Kier molecular flexibility index (Phi) is 5.37. The van der Waals surface area contributed by atoms with Crippen LogP contribution < -0.4 is 0 Å². The summed E-state index contributed by atoms with van der Waals surface area (Å²) in [6, 6.07) is 10.2. The minimum Gasteiger partial charge on any atom is -0.396 e. The largest absolute Gasteiger partial charge is 0.396 e. The highest BCUT2D eigenvalue weighted by Gasteiger charge is 2.34. The monoisotopic (exact) mass is 264 g/mol. The van der Waals surface area contributed by atoms with E-state index < -0.39 is 5.79 Å². The van der Waals surface area contributed by atoms with E-state index in [0.29, 0.717) is 6.42 Å². The number of benzene rings is 1. The van der Waals surface area contributed by atoms with Crippen LogP contribution in [0.25, 0.3) is 0 Å². The minimum absolute atomic E-state index is 0.0161. The molecule has 0 saturated heterocycles. The summed E-state index contributed by atoms with van der Waals surface area (Å²) in [6.07, 6.45) is 5.82. The van der Waals surface area contributed by atoms with Crippen molar-refractivity contribution in [3.05, 3.63) is 35.9 Å². The molecule has 0 amide bonds. The standard InChI is InChI=1S/C16H24O3/c17-12-6-9-15(13-14-7-2-1-3-8-14)19-16(18)10-4-5-11-16/h1-3,7-8,15,17-18H,4-6,9-13H2. The van der Waals surface area contributed by atoms with Gasteiger partial charge in [-0.25, -0.2) is 0 Å². The number of hydrogen-bond donors (Lipinski definition) is 2. The molecular weight excluding hydrogens is 240 g/mol. The van der Waals surface area contributed by atoms with E-state index in [4.69, 9.17) is 9.84 Å². The van der Waals surface area contributed by atoms with Gasteiger partial charge in [-0.3, -0.25) is 0 Å². The fraction of sp³-hybridized carbons (Fsp3) is 0.625. The van der Waals surface area contributed by atoms with Crippen LogP contribution in [0, 0.1) is 0 Å². The van der Waals surface area contributed by atoms with Crippen molar-refractivity contribution in [1.82, 2.24) is 0 Å². The van der Waals surface area contributed by atoms with Gasteiger partial charge in [-0.15, -0.1) is 0 Å². The molecule has 1 aromatic rings. The summed E-state index contributed by atoms with van der Waals surface area (Å²) in [4.78, 5) is 0. The Labute approximate surface area is 115 Å². The summed E-state index contributed by atoms with van der Waals surface area (Å²) in [6.45, 7) is 0.174. The van der Waals surface area contributed by atoms with Crippen LogP contribution in [0.2, 0.25) is 0 Å². The smallest absolute Gasteiger partial charge is 0.165 e. The molecule has 2 rings (SSSR count). The fourth-order valence-corrected chi connectivity index (χ4v) is 2.75. The van der Waals surface area contributed by atoms with Gasteiger partial charge in [0.15, 0.2) is 5.79 Å². The van der Waals surface area contributed by atoms with Gasteiger partial charge in [0, 0.05) is 19.4 Å². The molecule has 0 aliphatic heterocycles. The van der Waals surface area contributed by atoms with Crippen molar-refractivity contribution in [2.75, 3.05) is 6.61 Å². The second kappa shape index (κ2) is 7.04. The van der Waals surface area contributed by atoms with Gasteiger partial charge in [0.2, 0.25) is 0 Å². The van der Waals surface area contributed by atoms with Gasteiger partial charge >= 0.3 is 0 Å². The molecule has 1 atom stereocenters. The van der Waals surface area contributed by atoms with Crippen LogP contribution in [0.3, 0.4) is 0 Å². The van der Waals surface area contributed by atoms with Gasteiger partial charge in [0.25, 0.3) is 0 Å². The van der Waals surface area contributed by atoms with Gasteiger partial charge in [0.1, 0.15) is 0 Å². The molecule has 1 aromatic carbocycles. The maximum Gasteiger partial charge on any atom is 0.165 e. The van der Waals surface area contributed by atoms with Gasteiger partial charge in [-0.05, 0) is 37.7 Å². The summed E-state index contributed by atoms with van der Waals surface area (Å²) < 4.78 is 5.95. The second-order valence-corrected chi connectivity index (χ2v) is 5.45. The molecule has 0 radical (unpaired) electrons. The van der Waals surface area contributed by atoms with Crippen molar-refractivity contribution in [3.8, 4) is 0 Å². The van der Waals surface area contributed by atoms with Crippen LogP contribution in [0.4, 0.5) is 0 Å². The van der Waals surface area contributed by atoms with Crippen LogP contribution in [0.5, 0.6) is 0 Å². The van der Waals surface area contributed by atoms with Crippen LogP contribution in [-0.2, 0) is 11.2 Å². The molecule has 0 bridgehead atoms. The Hall–Kier alpha value is -0.900. The van der Waals surface area contributed by atoms with Crippen molar-refractivity contribution < 1.29 is 14.9 Å². The minimum atomic E-state index is -0.936. The average molecular weight is 264 g/mol. The van der Waals surface area contributed by atoms with Crippen molar-refractivity contribution in [3.63, 3.8) is 0 Å². The average Bonchev–Trinajstić information content (AvgIpc) is 2.84. The van der Waals surface area contributed by atoms with Gasteiger partial charge in [-0.2, -0.15) is 0 Å². The van der Waals surface area contributed by atoms with Crippen LogP contribution in [0.15, 0.2) is 30.3 Å². The first-order valence-electron chi connectivity index (χ1n) is 7.27. The molecule has 1 fully saturated rings. The van der Waals surface area contributed by atoms with E-state index in [2.05, 4.69) is 12.1 Å².